The summed E-state index contributed by atoms with van der Waals surface area (Å²) in [5, 5.41) is 16.5. The molecule has 3 aromatic heterocycles. The summed E-state index contributed by atoms with van der Waals surface area (Å²) < 4.78 is 47.1. The van der Waals surface area contributed by atoms with Crippen LogP contribution in [0.3, 0.4) is 0 Å². The molecular weight excluding hydrogens is 411 g/mol. The number of rotatable bonds is 8. The molecule has 0 aliphatic heterocycles. The van der Waals surface area contributed by atoms with Gasteiger partial charge in [0.25, 0.3) is 0 Å². The molecule has 0 spiro atoms. The Morgan fingerprint density at radius 2 is 2.03 bits per heavy atom. The Bertz CT molecular complexity index is 1190. The largest absolute Gasteiger partial charge is 0.434 e. The molecule has 2 N–H and O–H groups in total. The van der Waals surface area contributed by atoms with Crippen molar-refractivity contribution in [3.8, 4) is 16.9 Å². The zero-order valence-corrected chi connectivity index (χ0v) is 16.5. The highest BCUT2D eigenvalue weighted by molar-refractivity contribution is 5.77. The Kier molecular flexibility index (Phi) is 5.81. The van der Waals surface area contributed by atoms with E-state index in [9.17, 15) is 13.2 Å². The van der Waals surface area contributed by atoms with Crippen LogP contribution in [0.25, 0.3) is 16.8 Å². The molecule has 0 aliphatic carbocycles. The molecule has 0 saturated carbocycles. The van der Waals surface area contributed by atoms with Crippen LogP contribution in [0.15, 0.2) is 55.1 Å². The van der Waals surface area contributed by atoms with Crippen LogP contribution in [0.4, 0.5) is 19.0 Å². The quantitative estimate of drug-likeness (QED) is 0.439. The molecule has 4 aromatic rings. The topological polar surface area (TPSA) is 76.6 Å². The lowest BCUT2D eigenvalue weighted by atomic mass is 10.1. The highest BCUT2D eigenvalue weighted by Gasteiger charge is 2.17. The first-order valence-electron chi connectivity index (χ1n) is 9.57. The van der Waals surface area contributed by atoms with Gasteiger partial charge in [0.2, 0.25) is 0 Å². The van der Waals surface area contributed by atoms with Gasteiger partial charge in [0.15, 0.2) is 5.65 Å². The molecule has 4 rings (SSSR count). The lowest BCUT2D eigenvalue weighted by Gasteiger charge is -2.19. The SMILES string of the molecule is CC(Nc1ccn2ncc(-c3ccn(CCO)c3)c2n1)c1cc(F)ccc1OC(F)F. The molecule has 31 heavy (non-hydrogen) atoms. The molecule has 0 aliphatic rings. The average Bonchev–Trinajstić information content (AvgIpc) is 3.35. The maximum Gasteiger partial charge on any atom is 0.387 e. The fraction of sp³-hybridized carbons (Fsp3) is 0.238. The molecule has 3 heterocycles. The molecule has 0 bridgehead atoms. The first-order chi connectivity index (χ1) is 14.9. The number of alkyl halides is 2. The number of hydrogen-bond acceptors (Lipinski definition) is 5. The second kappa shape index (κ2) is 8.68. The normalized spacial score (nSPS) is 12.5. The maximum atomic E-state index is 13.7. The first-order valence-corrected chi connectivity index (χ1v) is 9.57. The van der Waals surface area contributed by atoms with Crippen LogP contribution < -0.4 is 10.1 Å². The van der Waals surface area contributed by atoms with Gasteiger partial charge in [-0.3, -0.25) is 0 Å². The number of halogens is 3. The van der Waals surface area contributed by atoms with Crippen molar-refractivity contribution in [3.63, 3.8) is 0 Å². The number of nitrogens with one attached hydrogen (secondary N) is 1. The van der Waals surface area contributed by atoms with E-state index in [4.69, 9.17) is 5.11 Å². The van der Waals surface area contributed by atoms with Crippen LogP contribution in [0, 0.1) is 5.82 Å². The minimum atomic E-state index is -3.02. The van der Waals surface area contributed by atoms with E-state index in [2.05, 4.69) is 20.1 Å². The van der Waals surface area contributed by atoms with Crippen molar-refractivity contribution in [3.05, 3.63) is 66.5 Å². The van der Waals surface area contributed by atoms with Gasteiger partial charge in [-0.1, -0.05) is 0 Å². The predicted octanol–water partition coefficient (Wildman–Crippen LogP) is 4.10. The van der Waals surface area contributed by atoms with Gasteiger partial charge >= 0.3 is 6.61 Å². The van der Waals surface area contributed by atoms with E-state index in [1.54, 1.807) is 29.9 Å². The first kappa shape index (κ1) is 20.7. The highest BCUT2D eigenvalue weighted by Crippen LogP contribution is 2.30. The zero-order valence-electron chi connectivity index (χ0n) is 16.5. The molecule has 0 amide bonds. The summed E-state index contributed by atoms with van der Waals surface area (Å²) in [5.41, 5.74) is 2.51. The smallest absolute Gasteiger partial charge is 0.387 e. The minimum absolute atomic E-state index is 0.0322. The molecule has 10 heteroatoms. The summed E-state index contributed by atoms with van der Waals surface area (Å²) in [7, 11) is 0. The number of aromatic nitrogens is 4. The number of fused-ring (bicyclic) bond motifs is 1. The second-order valence-corrected chi connectivity index (χ2v) is 6.93. The van der Waals surface area contributed by atoms with Crippen molar-refractivity contribution in [1.82, 2.24) is 19.2 Å². The van der Waals surface area contributed by atoms with Crippen LogP contribution in [0.5, 0.6) is 5.75 Å². The molecule has 7 nitrogen and oxygen atoms in total. The third kappa shape index (κ3) is 4.48. The third-order valence-corrected chi connectivity index (χ3v) is 4.81. The molecule has 1 atom stereocenters. The van der Waals surface area contributed by atoms with Crippen LogP contribution >= 0.6 is 0 Å². The van der Waals surface area contributed by atoms with Crippen LogP contribution in [0.2, 0.25) is 0 Å². The molecule has 0 saturated heterocycles. The zero-order chi connectivity index (χ0) is 22.0. The van der Waals surface area contributed by atoms with Gasteiger partial charge in [-0.05, 0) is 37.3 Å². The van der Waals surface area contributed by atoms with E-state index < -0.39 is 18.5 Å². The number of aliphatic hydroxyl groups is 1. The Labute approximate surface area is 175 Å². The number of nitrogens with zero attached hydrogens (tertiary/aromatic N) is 4. The number of anilines is 1. The number of benzene rings is 1. The van der Waals surface area contributed by atoms with Gasteiger partial charge in [-0.15, -0.1) is 0 Å². The van der Waals surface area contributed by atoms with E-state index in [0.29, 0.717) is 18.0 Å². The van der Waals surface area contributed by atoms with Crippen molar-refractivity contribution in [2.75, 3.05) is 11.9 Å². The monoisotopic (exact) mass is 431 g/mol. The third-order valence-electron chi connectivity index (χ3n) is 4.81. The van der Waals surface area contributed by atoms with Gasteiger partial charge in [-0.2, -0.15) is 13.9 Å². The summed E-state index contributed by atoms with van der Waals surface area (Å²) in [5.74, 6) is -0.198. The number of ether oxygens (including phenoxy) is 1. The van der Waals surface area contributed by atoms with E-state index in [1.807, 2.05) is 23.0 Å². The van der Waals surface area contributed by atoms with Crippen molar-refractivity contribution in [2.45, 2.75) is 26.1 Å². The van der Waals surface area contributed by atoms with Gasteiger partial charge in [0.05, 0.1) is 18.8 Å². The van der Waals surface area contributed by atoms with E-state index >= 15 is 0 Å². The van der Waals surface area contributed by atoms with Gasteiger partial charge < -0.3 is 19.7 Å². The number of hydrogen-bond donors (Lipinski definition) is 2. The Morgan fingerprint density at radius 1 is 1.19 bits per heavy atom. The highest BCUT2D eigenvalue weighted by atomic mass is 19.3. The second-order valence-electron chi connectivity index (χ2n) is 6.93. The van der Waals surface area contributed by atoms with Crippen molar-refractivity contribution in [1.29, 1.82) is 0 Å². The molecule has 0 radical (unpaired) electrons. The molecular formula is C21H20F3N5O2. The van der Waals surface area contributed by atoms with Crippen molar-refractivity contribution < 1.29 is 23.0 Å². The van der Waals surface area contributed by atoms with Gasteiger partial charge in [0.1, 0.15) is 17.4 Å². The van der Waals surface area contributed by atoms with Crippen LogP contribution in [-0.4, -0.2) is 37.5 Å². The van der Waals surface area contributed by atoms with E-state index in [0.717, 1.165) is 23.3 Å². The summed E-state index contributed by atoms with van der Waals surface area (Å²) in [4.78, 5) is 4.59. The molecule has 162 valence electrons. The summed E-state index contributed by atoms with van der Waals surface area (Å²) in [6, 6.07) is 6.43. The van der Waals surface area contributed by atoms with Gasteiger partial charge in [-0.25, -0.2) is 13.9 Å². The Hall–Kier alpha value is -3.53. The predicted molar refractivity (Wildman–Crippen MR) is 109 cm³/mol. The van der Waals surface area contributed by atoms with Crippen molar-refractivity contribution >= 4 is 11.5 Å². The summed E-state index contributed by atoms with van der Waals surface area (Å²) in [6.45, 7) is -0.804. The minimum Gasteiger partial charge on any atom is -0.434 e. The van der Waals surface area contributed by atoms with Crippen molar-refractivity contribution in [2.24, 2.45) is 0 Å². The summed E-state index contributed by atoms with van der Waals surface area (Å²) >= 11 is 0. The van der Waals surface area contributed by atoms with E-state index in [1.165, 1.54) is 6.07 Å². The maximum absolute atomic E-state index is 13.7. The van der Waals surface area contributed by atoms with Crippen LogP contribution in [-0.2, 0) is 6.54 Å². The fourth-order valence-electron chi connectivity index (χ4n) is 3.37. The van der Waals surface area contributed by atoms with E-state index in [-0.39, 0.29) is 17.9 Å². The fourth-order valence-corrected chi connectivity index (χ4v) is 3.37. The average molecular weight is 431 g/mol. The lowest BCUT2D eigenvalue weighted by Crippen LogP contribution is -2.12. The Balaban J connectivity index is 1.63. The lowest BCUT2D eigenvalue weighted by molar-refractivity contribution is -0.0505. The molecule has 1 unspecified atom stereocenters. The van der Waals surface area contributed by atoms with Gasteiger partial charge in [0, 0.05) is 41.8 Å². The molecule has 0 fully saturated rings. The number of aliphatic hydroxyl groups excluding tert-OH is 1. The Morgan fingerprint density at radius 3 is 2.81 bits per heavy atom. The summed E-state index contributed by atoms with van der Waals surface area (Å²) in [6.07, 6.45) is 7.15. The molecule has 1 aromatic carbocycles. The van der Waals surface area contributed by atoms with Crippen LogP contribution in [0.1, 0.15) is 18.5 Å². The standard InChI is InChI=1S/C21H20F3N5O2/c1-13(16-10-15(22)2-3-18(16)31-21(23)24)26-19-5-7-29-20(27-19)17(11-25-29)14-4-6-28(12-14)8-9-30/h2-7,10-13,21,30H,8-9H2,1H3,(H,26,27).